The molecule has 0 atom stereocenters. The molecule has 1 aromatic carbocycles. The van der Waals surface area contributed by atoms with Crippen LogP contribution in [0.3, 0.4) is 0 Å². The van der Waals surface area contributed by atoms with Gasteiger partial charge in [-0.15, -0.1) is 0 Å². The zero-order valence-electron chi connectivity index (χ0n) is 11.6. The SMILES string of the molecule is CCc1noc(-c2cn(-c3cc(OC)ccc3Cl)cn2)n1. The molecule has 21 heavy (non-hydrogen) atoms. The zero-order chi connectivity index (χ0) is 14.8. The lowest BCUT2D eigenvalue weighted by Gasteiger charge is -2.07. The number of hydrogen-bond acceptors (Lipinski definition) is 5. The van der Waals surface area contributed by atoms with E-state index in [4.69, 9.17) is 20.9 Å². The molecule has 3 aromatic rings. The molecule has 0 bridgehead atoms. The van der Waals surface area contributed by atoms with Crippen molar-refractivity contribution in [3.63, 3.8) is 0 Å². The average molecular weight is 305 g/mol. The lowest BCUT2D eigenvalue weighted by molar-refractivity contribution is 0.414. The second-order valence-corrected chi connectivity index (χ2v) is 4.76. The van der Waals surface area contributed by atoms with Gasteiger partial charge in [-0.1, -0.05) is 23.7 Å². The van der Waals surface area contributed by atoms with Crippen molar-refractivity contribution < 1.29 is 9.26 Å². The molecule has 0 aliphatic heterocycles. The van der Waals surface area contributed by atoms with Gasteiger partial charge in [-0.05, 0) is 12.1 Å². The highest BCUT2D eigenvalue weighted by Crippen LogP contribution is 2.26. The minimum atomic E-state index is 0.393. The van der Waals surface area contributed by atoms with Crippen molar-refractivity contribution >= 4 is 11.6 Å². The maximum Gasteiger partial charge on any atom is 0.278 e. The Kier molecular flexibility index (Phi) is 3.62. The minimum Gasteiger partial charge on any atom is -0.497 e. The highest BCUT2D eigenvalue weighted by Gasteiger charge is 2.12. The lowest BCUT2D eigenvalue weighted by atomic mass is 10.3. The van der Waals surface area contributed by atoms with Crippen LogP contribution in [-0.2, 0) is 6.42 Å². The molecule has 0 aliphatic carbocycles. The third kappa shape index (κ3) is 2.62. The third-order valence-corrected chi connectivity index (χ3v) is 3.34. The number of benzene rings is 1. The van der Waals surface area contributed by atoms with Gasteiger partial charge in [0.25, 0.3) is 5.89 Å². The molecular formula is C14H13ClN4O2. The molecule has 0 unspecified atom stereocenters. The van der Waals surface area contributed by atoms with Crippen molar-refractivity contribution in [1.82, 2.24) is 19.7 Å². The van der Waals surface area contributed by atoms with Crippen LogP contribution < -0.4 is 4.74 Å². The van der Waals surface area contributed by atoms with Crippen molar-refractivity contribution in [2.45, 2.75) is 13.3 Å². The van der Waals surface area contributed by atoms with Crippen molar-refractivity contribution in [3.8, 4) is 23.0 Å². The summed E-state index contributed by atoms with van der Waals surface area (Å²) >= 11 is 6.21. The Morgan fingerprint density at radius 2 is 2.24 bits per heavy atom. The summed E-state index contributed by atoms with van der Waals surface area (Å²) in [6.07, 6.45) is 4.14. The Morgan fingerprint density at radius 3 is 2.95 bits per heavy atom. The Balaban J connectivity index is 1.98. The van der Waals surface area contributed by atoms with Crippen LogP contribution in [0.1, 0.15) is 12.7 Å². The van der Waals surface area contributed by atoms with Crippen LogP contribution in [0.15, 0.2) is 35.2 Å². The van der Waals surface area contributed by atoms with Crippen LogP contribution in [0.5, 0.6) is 5.75 Å². The standard InChI is InChI=1S/C14H13ClN4O2/c1-3-13-17-14(21-18-13)11-7-19(8-16-11)12-6-9(20-2)4-5-10(12)15/h4-8H,3H2,1-2H3. The Labute approximate surface area is 126 Å². The van der Waals surface area contributed by atoms with Gasteiger partial charge < -0.3 is 13.8 Å². The van der Waals surface area contributed by atoms with E-state index < -0.39 is 0 Å². The molecule has 3 rings (SSSR count). The summed E-state index contributed by atoms with van der Waals surface area (Å²) in [6.45, 7) is 1.96. The molecule has 0 radical (unpaired) electrons. The monoisotopic (exact) mass is 304 g/mol. The van der Waals surface area contributed by atoms with Crippen molar-refractivity contribution in [2.24, 2.45) is 0 Å². The first-order valence-electron chi connectivity index (χ1n) is 6.42. The number of nitrogens with zero attached hydrogens (tertiary/aromatic N) is 4. The van der Waals surface area contributed by atoms with E-state index in [2.05, 4.69) is 15.1 Å². The van der Waals surface area contributed by atoms with Crippen LogP contribution in [-0.4, -0.2) is 26.8 Å². The summed E-state index contributed by atoms with van der Waals surface area (Å²) in [5, 5.41) is 4.45. The largest absolute Gasteiger partial charge is 0.497 e. The average Bonchev–Trinajstić information content (AvgIpc) is 3.16. The van der Waals surface area contributed by atoms with Crippen molar-refractivity contribution in [2.75, 3.05) is 7.11 Å². The summed E-state index contributed by atoms with van der Waals surface area (Å²) < 4.78 is 12.2. The maximum atomic E-state index is 6.21. The van der Waals surface area contributed by atoms with E-state index >= 15 is 0 Å². The summed E-state index contributed by atoms with van der Waals surface area (Å²) in [4.78, 5) is 8.53. The van der Waals surface area contributed by atoms with Gasteiger partial charge in [-0.25, -0.2) is 4.98 Å². The third-order valence-electron chi connectivity index (χ3n) is 3.02. The van der Waals surface area contributed by atoms with E-state index in [1.807, 2.05) is 13.0 Å². The molecular weight excluding hydrogens is 292 g/mol. The van der Waals surface area contributed by atoms with Crippen LogP contribution >= 0.6 is 11.6 Å². The number of aryl methyl sites for hydroxylation is 1. The fraction of sp³-hybridized carbons (Fsp3) is 0.214. The first kappa shape index (κ1) is 13.6. The second kappa shape index (κ2) is 5.57. The molecule has 2 aromatic heterocycles. The summed E-state index contributed by atoms with van der Waals surface area (Å²) in [7, 11) is 1.61. The fourth-order valence-corrected chi connectivity index (χ4v) is 2.10. The van der Waals surface area contributed by atoms with Crippen molar-refractivity contribution in [3.05, 3.63) is 41.6 Å². The molecule has 0 saturated carbocycles. The summed E-state index contributed by atoms with van der Waals surface area (Å²) in [5.41, 5.74) is 1.37. The first-order valence-corrected chi connectivity index (χ1v) is 6.80. The number of rotatable bonds is 4. The predicted molar refractivity (Wildman–Crippen MR) is 77.8 cm³/mol. The summed E-state index contributed by atoms with van der Waals surface area (Å²) in [5.74, 6) is 1.76. The van der Waals surface area contributed by atoms with Gasteiger partial charge in [0.05, 0.1) is 17.8 Å². The Morgan fingerprint density at radius 1 is 1.38 bits per heavy atom. The smallest absolute Gasteiger partial charge is 0.278 e. The molecule has 0 N–H and O–H groups in total. The Hall–Kier alpha value is -2.34. The van der Waals surface area contributed by atoms with Gasteiger partial charge in [0.2, 0.25) is 0 Å². The van der Waals surface area contributed by atoms with Crippen LogP contribution in [0.25, 0.3) is 17.3 Å². The van der Waals surface area contributed by atoms with Gasteiger partial charge in [0, 0.05) is 18.7 Å². The number of halogens is 1. The van der Waals surface area contributed by atoms with E-state index in [0.717, 1.165) is 11.4 Å². The maximum absolute atomic E-state index is 6.21. The van der Waals surface area contributed by atoms with Crippen LogP contribution in [0, 0.1) is 0 Å². The molecule has 0 aliphatic rings. The predicted octanol–water partition coefficient (Wildman–Crippen LogP) is 3.15. The van der Waals surface area contributed by atoms with Gasteiger partial charge in [-0.3, -0.25) is 0 Å². The normalized spacial score (nSPS) is 10.8. The van der Waals surface area contributed by atoms with E-state index in [1.54, 1.807) is 36.3 Å². The number of imidazole rings is 1. The van der Waals surface area contributed by atoms with E-state index in [9.17, 15) is 0 Å². The number of hydrogen-bond donors (Lipinski definition) is 0. The van der Waals surface area contributed by atoms with Gasteiger partial charge >= 0.3 is 0 Å². The summed E-state index contributed by atoms with van der Waals surface area (Å²) in [6, 6.07) is 5.41. The Bertz CT molecular complexity index is 766. The minimum absolute atomic E-state index is 0.393. The molecule has 0 saturated heterocycles. The van der Waals surface area contributed by atoms with E-state index in [0.29, 0.717) is 28.9 Å². The number of aromatic nitrogens is 4. The number of ether oxygens (including phenoxy) is 1. The quantitative estimate of drug-likeness (QED) is 0.741. The fourth-order valence-electron chi connectivity index (χ4n) is 1.88. The molecule has 0 spiro atoms. The van der Waals surface area contributed by atoms with E-state index in [1.165, 1.54) is 0 Å². The number of methoxy groups -OCH3 is 1. The molecule has 2 heterocycles. The second-order valence-electron chi connectivity index (χ2n) is 4.35. The van der Waals surface area contributed by atoms with Gasteiger partial charge in [-0.2, -0.15) is 4.98 Å². The molecule has 6 nitrogen and oxygen atoms in total. The lowest BCUT2D eigenvalue weighted by Crippen LogP contribution is -1.93. The molecule has 0 amide bonds. The van der Waals surface area contributed by atoms with Gasteiger partial charge in [0.1, 0.15) is 17.8 Å². The highest BCUT2D eigenvalue weighted by atomic mass is 35.5. The molecule has 108 valence electrons. The topological polar surface area (TPSA) is 66.0 Å². The van der Waals surface area contributed by atoms with Crippen LogP contribution in [0.2, 0.25) is 5.02 Å². The molecule has 7 heteroatoms. The highest BCUT2D eigenvalue weighted by molar-refractivity contribution is 6.32. The van der Waals surface area contributed by atoms with E-state index in [-0.39, 0.29) is 0 Å². The zero-order valence-corrected chi connectivity index (χ0v) is 12.3. The van der Waals surface area contributed by atoms with Crippen molar-refractivity contribution in [1.29, 1.82) is 0 Å². The van der Waals surface area contributed by atoms with Gasteiger partial charge in [0.15, 0.2) is 5.82 Å². The van der Waals surface area contributed by atoms with Crippen LogP contribution in [0.4, 0.5) is 0 Å². The molecule has 0 fully saturated rings. The first-order chi connectivity index (χ1) is 10.2.